The van der Waals surface area contributed by atoms with Crippen LogP contribution in [0.4, 0.5) is 0 Å². The zero-order chi connectivity index (χ0) is 31.8. The summed E-state index contributed by atoms with van der Waals surface area (Å²) in [5.41, 5.74) is 4.21. The van der Waals surface area contributed by atoms with E-state index in [1.165, 1.54) is 0 Å². The zero-order valence-electron chi connectivity index (χ0n) is 26.2. The molecule has 45 heavy (non-hydrogen) atoms. The summed E-state index contributed by atoms with van der Waals surface area (Å²) in [4.78, 5) is 2.28. The van der Waals surface area contributed by atoms with Crippen molar-refractivity contribution in [3.63, 3.8) is 0 Å². The summed E-state index contributed by atoms with van der Waals surface area (Å²) in [6, 6.07) is 15.8. The number of fused-ring (bicyclic) bond motifs is 1. The number of likely N-dealkylation sites (tertiary alicyclic amines) is 1. The van der Waals surface area contributed by atoms with Crippen LogP contribution in [0.5, 0.6) is 23.0 Å². The number of nitrogens with zero attached hydrogens (tertiary/aromatic N) is 1. The largest absolute Gasteiger partial charge is 0.493 e. The number of β-amino-alcohol motifs (C(OH)–C–C–N with tert-alkyl or cyclic N) is 1. The monoisotopic (exact) mass is 640 g/mol. The van der Waals surface area contributed by atoms with Gasteiger partial charge in [-0.3, -0.25) is 0 Å². The number of halogens is 1. The van der Waals surface area contributed by atoms with Gasteiger partial charge in [-0.2, -0.15) is 0 Å². The number of benzene rings is 3. The molecule has 3 aromatic rings. The molecule has 1 fully saturated rings. The highest BCUT2D eigenvalue weighted by Gasteiger charge is 2.23. The van der Waals surface area contributed by atoms with Gasteiger partial charge >= 0.3 is 0 Å². The van der Waals surface area contributed by atoms with Crippen molar-refractivity contribution in [3.05, 3.63) is 70.2 Å². The number of hydrogen-bond acceptors (Lipinski definition) is 9. The van der Waals surface area contributed by atoms with Gasteiger partial charge < -0.3 is 44.5 Å². The highest BCUT2D eigenvalue weighted by molar-refractivity contribution is 6.32. The first-order valence-electron chi connectivity index (χ1n) is 15.7. The summed E-state index contributed by atoms with van der Waals surface area (Å²) in [7, 11) is 0. The SMILES string of the molecule is Cc1c(COc2cc(OCCCCN3CC[C@@H](O)C3)c(CNC(C)(CO)CO)cc2Cl)cccc1-c1ccc2c(c1)OCCO2. The van der Waals surface area contributed by atoms with E-state index in [9.17, 15) is 15.3 Å². The number of aliphatic hydroxyl groups excluding tert-OH is 3. The van der Waals surface area contributed by atoms with Gasteiger partial charge in [0.1, 0.15) is 31.3 Å². The fraction of sp³-hybridized carbons (Fsp3) is 0.486. The Kier molecular flexibility index (Phi) is 11.5. The van der Waals surface area contributed by atoms with Crippen molar-refractivity contribution >= 4 is 11.6 Å². The van der Waals surface area contributed by atoms with Crippen LogP contribution in [0, 0.1) is 6.92 Å². The Labute approximate surface area is 270 Å². The normalized spacial score (nSPS) is 16.6. The molecule has 0 aromatic heterocycles. The fourth-order valence-corrected chi connectivity index (χ4v) is 5.82. The lowest BCUT2D eigenvalue weighted by Gasteiger charge is -2.27. The molecule has 10 heteroatoms. The maximum absolute atomic E-state index is 9.77. The van der Waals surface area contributed by atoms with E-state index in [1.54, 1.807) is 6.92 Å². The molecule has 4 N–H and O–H groups in total. The van der Waals surface area contributed by atoms with Gasteiger partial charge in [-0.25, -0.2) is 0 Å². The Morgan fingerprint density at radius 2 is 1.78 bits per heavy atom. The van der Waals surface area contributed by atoms with Crippen LogP contribution in [0.25, 0.3) is 11.1 Å². The van der Waals surface area contributed by atoms with Crippen molar-refractivity contribution in [1.82, 2.24) is 10.2 Å². The van der Waals surface area contributed by atoms with E-state index in [2.05, 4.69) is 23.2 Å². The van der Waals surface area contributed by atoms with E-state index in [4.69, 9.17) is 30.5 Å². The van der Waals surface area contributed by atoms with Crippen LogP contribution in [-0.2, 0) is 13.2 Å². The second-order valence-corrected chi connectivity index (χ2v) is 12.6. The molecule has 1 atom stereocenters. The molecular weight excluding hydrogens is 596 g/mol. The summed E-state index contributed by atoms with van der Waals surface area (Å²) in [5, 5.41) is 32.9. The molecule has 0 saturated carbocycles. The molecule has 0 unspecified atom stereocenters. The molecule has 9 nitrogen and oxygen atoms in total. The Hall–Kier alpha value is -3.05. The van der Waals surface area contributed by atoms with E-state index in [0.29, 0.717) is 49.5 Å². The number of hydrogen-bond donors (Lipinski definition) is 4. The van der Waals surface area contributed by atoms with Crippen LogP contribution in [-0.4, -0.2) is 84.5 Å². The fourth-order valence-electron chi connectivity index (χ4n) is 5.58. The lowest BCUT2D eigenvalue weighted by Crippen LogP contribution is -2.48. The molecule has 2 aliphatic rings. The van der Waals surface area contributed by atoms with Crippen molar-refractivity contribution in [2.24, 2.45) is 0 Å². The predicted molar refractivity (Wildman–Crippen MR) is 175 cm³/mol. The Balaban J connectivity index is 1.28. The third kappa shape index (κ3) is 8.61. The Morgan fingerprint density at radius 3 is 2.53 bits per heavy atom. The van der Waals surface area contributed by atoms with Gasteiger partial charge in [0.15, 0.2) is 11.5 Å². The van der Waals surface area contributed by atoms with Crippen LogP contribution in [0.15, 0.2) is 48.5 Å². The predicted octanol–water partition coefficient (Wildman–Crippen LogP) is 4.72. The van der Waals surface area contributed by atoms with E-state index >= 15 is 0 Å². The minimum atomic E-state index is -0.848. The first-order valence-corrected chi connectivity index (χ1v) is 16.1. The van der Waals surface area contributed by atoms with Gasteiger partial charge in [-0.05, 0) is 80.1 Å². The summed E-state index contributed by atoms with van der Waals surface area (Å²) in [6.07, 6.45) is 2.44. The van der Waals surface area contributed by atoms with E-state index in [0.717, 1.165) is 78.2 Å². The van der Waals surface area contributed by atoms with E-state index in [-0.39, 0.29) is 19.3 Å². The number of nitrogens with one attached hydrogen (secondary N) is 1. The maximum Gasteiger partial charge on any atom is 0.161 e. The molecule has 0 radical (unpaired) electrons. The van der Waals surface area contributed by atoms with Crippen LogP contribution < -0.4 is 24.3 Å². The highest BCUT2D eigenvalue weighted by atomic mass is 35.5. The van der Waals surface area contributed by atoms with Crippen molar-refractivity contribution < 1.29 is 34.3 Å². The van der Waals surface area contributed by atoms with Gasteiger partial charge in [-0.1, -0.05) is 35.9 Å². The van der Waals surface area contributed by atoms with Crippen LogP contribution in [0.1, 0.15) is 42.9 Å². The average molecular weight is 641 g/mol. The molecule has 0 spiro atoms. The topological polar surface area (TPSA) is 113 Å². The quantitative estimate of drug-likeness (QED) is 0.175. The highest BCUT2D eigenvalue weighted by Crippen LogP contribution is 2.37. The molecule has 5 rings (SSSR count). The first kappa shape index (κ1) is 33.3. The first-order chi connectivity index (χ1) is 21.8. The summed E-state index contributed by atoms with van der Waals surface area (Å²) >= 11 is 6.73. The Morgan fingerprint density at radius 1 is 0.978 bits per heavy atom. The van der Waals surface area contributed by atoms with Gasteiger partial charge in [0.2, 0.25) is 0 Å². The molecular formula is C35H45ClN2O7. The lowest BCUT2D eigenvalue weighted by molar-refractivity contribution is 0.103. The zero-order valence-corrected chi connectivity index (χ0v) is 26.9. The van der Waals surface area contributed by atoms with Gasteiger partial charge in [-0.15, -0.1) is 0 Å². The van der Waals surface area contributed by atoms with Crippen LogP contribution in [0.2, 0.25) is 5.02 Å². The minimum absolute atomic E-state index is 0.216. The molecule has 0 aliphatic carbocycles. The van der Waals surface area contributed by atoms with Gasteiger partial charge in [0, 0.05) is 31.3 Å². The molecule has 2 aliphatic heterocycles. The maximum atomic E-state index is 9.77. The lowest BCUT2D eigenvalue weighted by atomic mass is 9.96. The average Bonchev–Trinajstić information content (AvgIpc) is 3.48. The Bertz CT molecular complexity index is 1430. The molecule has 2 heterocycles. The van der Waals surface area contributed by atoms with Crippen molar-refractivity contribution in [1.29, 1.82) is 0 Å². The van der Waals surface area contributed by atoms with Crippen molar-refractivity contribution in [3.8, 4) is 34.1 Å². The summed E-state index contributed by atoms with van der Waals surface area (Å²) < 4.78 is 24.0. The standard InChI is InChI=1S/C35H45ClN2O7/c1-24-26(6-5-7-29(24)25-8-9-31-34(17-25)44-15-14-43-31)21-45-33-18-32(42-13-4-3-11-38-12-10-28(41)20-38)27(16-30(33)36)19-37-35(2,22-39)23-40/h5-9,16-18,28,37,39-41H,3-4,10-15,19-23H2,1-2H3/t28-/m1/s1. The van der Waals surface area contributed by atoms with Crippen molar-refractivity contribution in [2.45, 2.75) is 57.9 Å². The number of rotatable bonds is 15. The van der Waals surface area contributed by atoms with Gasteiger partial charge in [0.05, 0.1) is 36.5 Å². The minimum Gasteiger partial charge on any atom is -0.493 e. The second kappa shape index (κ2) is 15.5. The number of ether oxygens (including phenoxy) is 4. The summed E-state index contributed by atoms with van der Waals surface area (Å²) in [5.74, 6) is 2.66. The summed E-state index contributed by atoms with van der Waals surface area (Å²) in [6.45, 7) is 8.27. The molecule has 244 valence electrons. The van der Waals surface area contributed by atoms with Crippen molar-refractivity contribution in [2.75, 3.05) is 52.7 Å². The smallest absolute Gasteiger partial charge is 0.161 e. The third-order valence-electron chi connectivity index (χ3n) is 8.57. The number of unbranched alkanes of at least 4 members (excludes halogenated alkanes) is 1. The van der Waals surface area contributed by atoms with Crippen LogP contribution >= 0.6 is 11.6 Å². The molecule has 0 amide bonds. The molecule has 3 aromatic carbocycles. The molecule has 1 saturated heterocycles. The van der Waals surface area contributed by atoms with Crippen LogP contribution in [0.3, 0.4) is 0 Å². The van der Waals surface area contributed by atoms with E-state index in [1.807, 2.05) is 42.5 Å². The van der Waals surface area contributed by atoms with E-state index < -0.39 is 5.54 Å². The number of aliphatic hydroxyl groups is 3. The van der Waals surface area contributed by atoms with Gasteiger partial charge in [0.25, 0.3) is 0 Å². The molecule has 0 bridgehead atoms. The third-order valence-corrected chi connectivity index (χ3v) is 8.87. The second-order valence-electron chi connectivity index (χ2n) is 12.2.